The maximum Gasteiger partial charge on any atom is 0.119 e. The van der Waals surface area contributed by atoms with Crippen molar-refractivity contribution in [2.45, 2.75) is 45.4 Å². The summed E-state index contributed by atoms with van der Waals surface area (Å²) in [6.45, 7) is 2.90. The second-order valence-electron chi connectivity index (χ2n) is 4.43. The fourth-order valence-electron chi connectivity index (χ4n) is 1.76. The summed E-state index contributed by atoms with van der Waals surface area (Å²) in [6, 6.07) is 6.35. The van der Waals surface area contributed by atoms with Gasteiger partial charge >= 0.3 is 0 Å². The van der Waals surface area contributed by atoms with Crippen molar-refractivity contribution >= 4 is 5.97 Å². The van der Waals surface area contributed by atoms with Gasteiger partial charge in [-0.15, -0.1) is 0 Å². The summed E-state index contributed by atoms with van der Waals surface area (Å²) in [6.07, 6.45) is 7.38. The lowest BCUT2D eigenvalue weighted by Crippen LogP contribution is -2.21. The highest BCUT2D eigenvalue weighted by atomic mass is 16.5. The molecule has 0 aliphatic heterocycles. The molecule has 0 bridgehead atoms. The van der Waals surface area contributed by atoms with Gasteiger partial charge in [0.1, 0.15) is 5.75 Å². The average molecular weight is 249 g/mol. The highest BCUT2D eigenvalue weighted by Crippen LogP contribution is 2.13. The quantitative estimate of drug-likeness (QED) is 0.632. The summed E-state index contributed by atoms with van der Waals surface area (Å²) in [4.78, 5) is 10.5. The molecule has 0 atom stereocenters. The van der Waals surface area contributed by atoms with E-state index in [1.54, 1.807) is 12.1 Å². The third-order valence-electron chi connectivity index (χ3n) is 2.86. The topological polar surface area (TPSA) is 49.4 Å². The van der Waals surface area contributed by atoms with Gasteiger partial charge in [-0.2, -0.15) is 0 Å². The molecule has 0 N–H and O–H groups in total. The Bertz CT molecular complexity index is 343. The molecule has 0 heterocycles. The number of ether oxygens (including phenoxy) is 1. The summed E-state index contributed by atoms with van der Waals surface area (Å²) in [5.41, 5.74) is 0.182. The maximum absolute atomic E-state index is 10.5. The smallest absolute Gasteiger partial charge is 0.119 e. The molecule has 0 amide bonds. The minimum atomic E-state index is -1.16. The van der Waals surface area contributed by atoms with Crippen molar-refractivity contribution in [1.82, 2.24) is 0 Å². The lowest BCUT2D eigenvalue weighted by atomic mass is 10.1. The highest BCUT2D eigenvalue weighted by molar-refractivity contribution is 5.85. The summed E-state index contributed by atoms with van der Waals surface area (Å²) >= 11 is 0. The van der Waals surface area contributed by atoms with Crippen LogP contribution in [0.4, 0.5) is 0 Å². The monoisotopic (exact) mass is 249 g/mol. The second kappa shape index (κ2) is 8.56. The van der Waals surface area contributed by atoms with Crippen LogP contribution in [0.1, 0.15) is 55.8 Å². The van der Waals surface area contributed by atoms with Gasteiger partial charge in [0.05, 0.1) is 12.6 Å². The van der Waals surface area contributed by atoms with Crippen LogP contribution in [-0.2, 0) is 0 Å². The fraction of sp³-hybridized carbons (Fsp3) is 0.533. The lowest BCUT2D eigenvalue weighted by Gasteiger charge is -2.07. The van der Waals surface area contributed by atoms with E-state index in [1.807, 2.05) is 0 Å². The van der Waals surface area contributed by atoms with Crippen molar-refractivity contribution in [1.29, 1.82) is 0 Å². The average Bonchev–Trinajstić information content (AvgIpc) is 2.38. The number of carbonyl (C=O) groups is 1. The van der Waals surface area contributed by atoms with E-state index in [0.29, 0.717) is 12.4 Å². The number of hydrogen-bond acceptors (Lipinski definition) is 3. The van der Waals surface area contributed by atoms with Gasteiger partial charge in [-0.1, -0.05) is 39.0 Å². The molecule has 0 saturated carbocycles. The number of benzene rings is 1. The molecule has 1 aromatic rings. The number of carboxylic acids is 1. The molecule has 1 rings (SSSR count). The minimum Gasteiger partial charge on any atom is -0.545 e. The van der Waals surface area contributed by atoms with Crippen LogP contribution in [0, 0.1) is 0 Å². The maximum atomic E-state index is 10.5. The fourth-order valence-corrected chi connectivity index (χ4v) is 1.76. The molecule has 100 valence electrons. The zero-order chi connectivity index (χ0) is 13.2. The molecule has 0 saturated heterocycles. The Balaban J connectivity index is 2.14. The van der Waals surface area contributed by atoms with Crippen LogP contribution in [0.5, 0.6) is 5.75 Å². The third kappa shape index (κ3) is 5.71. The number of hydrogen-bond donors (Lipinski definition) is 0. The van der Waals surface area contributed by atoms with Gasteiger partial charge in [0, 0.05) is 0 Å². The van der Waals surface area contributed by atoms with E-state index in [2.05, 4.69) is 6.92 Å². The number of carboxylic acid groups (broad SMARTS) is 1. The number of unbranched alkanes of at least 4 members (excludes halogenated alkanes) is 5. The van der Waals surface area contributed by atoms with Gasteiger partial charge in [0.15, 0.2) is 0 Å². The number of carbonyl (C=O) groups excluding carboxylic acids is 1. The molecule has 0 fully saturated rings. The SMILES string of the molecule is CCCCCCCCOc1ccc(C(=O)[O-])cc1. The predicted molar refractivity (Wildman–Crippen MR) is 69.6 cm³/mol. The molecule has 18 heavy (non-hydrogen) atoms. The van der Waals surface area contributed by atoms with Crippen LogP contribution in [-0.4, -0.2) is 12.6 Å². The second-order valence-corrected chi connectivity index (χ2v) is 4.43. The summed E-state index contributed by atoms with van der Waals surface area (Å²) in [5.74, 6) is -0.439. The summed E-state index contributed by atoms with van der Waals surface area (Å²) in [5, 5.41) is 10.5. The summed E-state index contributed by atoms with van der Waals surface area (Å²) < 4.78 is 5.53. The first-order valence-corrected chi connectivity index (χ1v) is 6.68. The van der Waals surface area contributed by atoms with Crippen molar-refractivity contribution in [3.8, 4) is 5.75 Å². The molecular weight excluding hydrogens is 228 g/mol. The van der Waals surface area contributed by atoms with Crippen LogP contribution in [0.25, 0.3) is 0 Å². The van der Waals surface area contributed by atoms with Crippen LogP contribution >= 0.6 is 0 Å². The normalized spacial score (nSPS) is 10.3. The number of rotatable bonds is 9. The van der Waals surface area contributed by atoms with Crippen molar-refractivity contribution in [2.75, 3.05) is 6.61 Å². The molecular formula is C15H21O3-. The molecule has 0 unspecified atom stereocenters. The Hall–Kier alpha value is -1.51. The van der Waals surface area contributed by atoms with Crippen molar-refractivity contribution in [3.63, 3.8) is 0 Å². The predicted octanol–water partition coefficient (Wildman–Crippen LogP) is 2.79. The Morgan fingerprint density at radius 2 is 1.67 bits per heavy atom. The molecule has 3 nitrogen and oxygen atoms in total. The van der Waals surface area contributed by atoms with Gasteiger partial charge in [-0.05, 0) is 36.2 Å². The van der Waals surface area contributed by atoms with Crippen LogP contribution in [0.3, 0.4) is 0 Å². The standard InChI is InChI=1S/C15H22O3/c1-2-3-4-5-6-7-12-18-14-10-8-13(9-11-14)15(16)17/h8-11H,2-7,12H2,1H3,(H,16,17)/p-1. The van der Waals surface area contributed by atoms with Gasteiger partial charge in [0.2, 0.25) is 0 Å². The van der Waals surface area contributed by atoms with E-state index in [0.717, 1.165) is 6.42 Å². The first-order chi connectivity index (χ1) is 8.74. The van der Waals surface area contributed by atoms with Crippen LogP contribution in [0.15, 0.2) is 24.3 Å². The first-order valence-electron chi connectivity index (χ1n) is 6.68. The molecule has 0 spiro atoms. The van der Waals surface area contributed by atoms with Crippen LogP contribution < -0.4 is 9.84 Å². The van der Waals surface area contributed by atoms with Crippen molar-refractivity contribution < 1.29 is 14.6 Å². The third-order valence-corrected chi connectivity index (χ3v) is 2.86. The van der Waals surface area contributed by atoms with E-state index in [1.165, 1.54) is 44.2 Å². The molecule has 0 aliphatic carbocycles. The van der Waals surface area contributed by atoms with Crippen molar-refractivity contribution in [3.05, 3.63) is 29.8 Å². The Labute approximate surface area is 109 Å². The van der Waals surface area contributed by atoms with Gasteiger partial charge in [-0.3, -0.25) is 0 Å². The number of aromatic carboxylic acids is 1. The van der Waals surface area contributed by atoms with Gasteiger partial charge < -0.3 is 14.6 Å². The minimum absolute atomic E-state index is 0.182. The largest absolute Gasteiger partial charge is 0.545 e. The van der Waals surface area contributed by atoms with E-state index < -0.39 is 5.97 Å². The Morgan fingerprint density at radius 1 is 1.06 bits per heavy atom. The molecule has 1 aromatic carbocycles. The first kappa shape index (κ1) is 14.6. The molecule has 3 heteroatoms. The Morgan fingerprint density at radius 3 is 2.28 bits per heavy atom. The highest BCUT2D eigenvalue weighted by Gasteiger charge is 1.96. The van der Waals surface area contributed by atoms with Gasteiger partial charge in [0.25, 0.3) is 0 Å². The van der Waals surface area contributed by atoms with E-state index in [-0.39, 0.29) is 5.56 Å². The molecule has 0 aliphatic rings. The Kier molecular flexibility index (Phi) is 6.92. The van der Waals surface area contributed by atoms with Crippen LogP contribution in [0.2, 0.25) is 0 Å². The van der Waals surface area contributed by atoms with E-state index in [4.69, 9.17) is 4.74 Å². The van der Waals surface area contributed by atoms with E-state index in [9.17, 15) is 9.90 Å². The molecule has 0 aromatic heterocycles. The van der Waals surface area contributed by atoms with Crippen molar-refractivity contribution in [2.24, 2.45) is 0 Å². The van der Waals surface area contributed by atoms with Gasteiger partial charge in [-0.25, -0.2) is 0 Å². The summed E-state index contributed by atoms with van der Waals surface area (Å²) in [7, 11) is 0. The van der Waals surface area contributed by atoms with E-state index >= 15 is 0 Å². The molecule has 0 radical (unpaired) electrons. The zero-order valence-corrected chi connectivity index (χ0v) is 11.0. The lowest BCUT2D eigenvalue weighted by molar-refractivity contribution is -0.255. The zero-order valence-electron chi connectivity index (χ0n) is 11.0.